The van der Waals surface area contributed by atoms with Gasteiger partial charge in [0.25, 0.3) is 0 Å². The fourth-order valence-corrected chi connectivity index (χ4v) is 1.47. The second kappa shape index (κ2) is 6.20. The molecule has 1 heteroatoms. The first-order valence-corrected chi connectivity index (χ1v) is 5.50. The van der Waals surface area contributed by atoms with Crippen LogP contribution in [0.1, 0.15) is 25.8 Å². The maximum Gasteiger partial charge on any atom is 0.0184 e. The van der Waals surface area contributed by atoms with Gasteiger partial charge in [0.1, 0.15) is 0 Å². The molecule has 1 nitrogen and oxygen atoms in total. The highest BCUT2D eigenvalue weighted by Crippen LogP contribution is 2.17. The molecule has 2 aromatic carbocycles. The van der Waals surface area contributed by atoms with Gasteiger partial charge >= 0.3 is 0 Å². The van der Waals surface area contributed by atoms with Crippen molar-refractivity contribution >= 4 is 10.8 Å². The molecule has 0 saturated carbocycles. The minimum atomic E-state index is 0.612. The summed E-state index contributed by atoms with van der Waals surface area (Å²) in [5, 5.41) is 2.53. The predicted octanol–water partition coefficient (Wildman–Crippen LogP) is 3.71. The molecule has 0 saturated heterocycles. The quantitative estimate of drug-likeness (QED) is 0.747. The van der Waals surface area contributed by atoms with Crippen molar-refractivity contribution < 1.29 is 0 Å². The van der Waals surface area contributed by atoms with Crippen LogP contribution in [0, 0.1) is 0 Å². The van der Waals surface area contributed by atoms with Crippen LogP contribution < -0.4 is 5.73 Å². The molecule has 0 aliphatic rings. The first-order valence-electron chi connectivity index (χ1n) is 5.50. The molecular weight excluding hydrogens is 182 g/mol. The van der Waals surface area contributed by atoms with E-state index in [0.29, 0.717) is 6.54 Å². The fraction of sp³-hybridized carbons (Fsp3) is 0.286. The topological polar surface area (TPSA) is 26.0 Å². The van der Waals surface area contributed by atoms with Crippen LogP contribution in [-0.4, -0.2) is 0 Å². The molecule has 0 aromatic heterocycles. The zero-order valence-corrected chi connectivity index (χ0v) is 9.53. The Morgan fingerprint density at radius 3 is 2.20 bits per heavy atom. The first kappa shape index (κ1) is 11.7. The molecule has 2 rings (SSSR count). The molecule has 0 radical (unpaired) electrons. The lowest BCUT2D eigenvalue weighted by atomic mass is 10.1. The Morgan fingerprint density at radius 1 is 0.933 bits per heavy atom. The van der Waals surface area contributed by atoms with Crippen LogP contribution in [-0.2, 0) is 6.54 Å². The zero-order valence-electron chi connectivity index (χ0n) is 9.53. The summed E-state index contributed by atoms with van der Waals surface area (Å²) in [6.45, 7) is 4.86. The Bertz CT molecular complexity index is 402. The molecule has 0 atom stereocenters. The third-order valence-electron chi connectivity index (χ3n) is 2.10. The van der Waals surface area contributed by atoms with Crippen molar-refractivity contribution in [1.82, 2.24) is 0 Å². The van der Waals surface area contributed by atoms with Gasteiger partial charge in [0.05, 0.1) is 0 Å². The maximum atomic E-state index is 5.62. The van der Waals surface area contributed by atoms with E-state index in [0.717, 1.165) is 0 Å². The van der Waals surface area contributed by atoms with Crippen molar-refractivity contribution in [2.45, 2.75) is 26.8 Å². The smallest absolute Gasteiger partial charge is 0.0184 e. The van der Waals surface area contributed by atoms with Crippen molar-refractivity contribution in [1.29, 1.82) is 0 Å². The lowest BCUT2D eigenvalue weighted by Gasteiger charge is -2.02. The second-order valence-corrected chi connectivity index (χ2v) is 3.55. The summed E-state index contributed by atoms with van der Waals surface area (Å²) in [5.41, 5.74) is 6.83. The molecule has 80 valence electrons. The monoisotopic (exact) mass is 201 g/mol. The maximum absolute atomic E-state index is 5.62. The van der Waals surface area contributed by atoms with E-state index in [2.05, 4.69) is 38.1 Å². The van der Waals surface area contributed by atoms with Gasteiger partial charge in [-0.05, 0) is 16.3 Å². The van der Waals surface area contributed by atoms with E-state index in [-0.39, 0.29) is 0 Å². The minimum Gasteiger partial charge on any atom is -0.326 e. The van der Waals surface area contributed by atoms with Crippen molar-refractivity contribution in [2.24, 2.45) is 5.73 Å². The van der Waals surface area contributed by atoms with Gasteiger partial charge in [0.15, 0.2) is 0 Å². The van der Waals surface area contributed by atoms with Crippen molar-refractivity contribution in [2.75, 3.05) is 0 Å². The van der Waals surface area contributed by atoms with Gasteiger partial charge in [-0.25, -0.2) is 0 Å². The Balaban J connectivity index is 0.000000337. The van der Waals surface area contributed by atoms with Gasteiger partial charge in [-0.3, -0.25) is 0 Å². The van der Waals surface area contributed by atoms with Crippen molar-refractivity contribution in [3.63, 3.8) is 0 Å². The van der Waals surface area contributed by atoms with Crippen LogP contribution in [0.4, 0.5) is 0 Å². The summed E-state index contributed by atoms with van der Waals surface area (Å²) in [5.74, 6) is 0. The van der Waals surface area contributed by atoms with Crippen LogP contribution in [0.25, 0.3) is 10.8 Å². The van der Waals surface area contributed by atoms with Gasteiger partial charge in [0.2, 0.25) is 0 Å². The number of hydrogen-bond acceptors (Lipinski definition) is 1. The van der Waals surface area contributed by atoms with E-state index in [1.54, 1.807) is 0 Å². The molecule has 0 aliphatic carbocycles. The third kappa shape index (κ3) is 3.07. The summed E-state index contributed by atoms with van der Waals surface area (Å²) >= 11 is 0. The lowest BCUT2D eigenvalue weighted by Crippen LogP contribution is -1.96. The number of hydrogen-bond donors (Lipinski definition) is 1. The highest BCUT2D eigenvalue weighted by Gasteiger charge is 1.95. The molecule has 0 unspecified atom stereocenters. The average molecular weight is 201 g/mol. The Labute approximate surface area is 91.9 Å². The molecule has 0 spiro atoms. The van der Waals surface area contributed by atoms with E-state index in [4.69, 9.17) is 5.73 Å². The Hall–Kier alpha value is -1.34. The van der Waals surface area contributed by atoms with Crippen LogP contribution in [0.5, 0.6) is 0 Å². The highest BCUT2D eigenvalue weighted by atomic mass is 14.5. The van der Waals surface area contributed by atoms with Crippen molar-refractivity contribution in [3.05, 3.63) is 48.0 Å². The van der Waals surface area contributed by atoms with Gasteiger partial charge < -0.3 is 5.73 Å². The van der Waals surface area contributed by atoms with Crippen LogP contribution in [0.2, 0.25) is 0 Å². The molecule has 2 N–H and O–H groups in total. The summed E-state index contributed by atoms with van der Waals surface area (Å²) in [6, 6.07) is 14.5. The van der Waals surface area contributed by atoms with Crippen LogP contribution in [0.3, 0.4) is 0 Å². The van der Waals surface area contributed by atoms with Gasteiger partial charge in [-0.2, -0.15) is 0 Å². The van der Waals surface area contributed by atoms with E-state index in [1.165, 1.54) is 22.8 Å². The lowest BCUT2D eigenvalue weighted by molar-refractivity contribution is 1.09. The fourth-order valence-electron chi connectivity index (χ4n) is 1.47. The molecule has 15 heavy (non-hydrogen) atoms. The molecule has 0 heterocycles. The Morgan fingerprint density at radius 2 is 1.53 bits per heavy atom. The minimum absolute atomic E-state index is 0.612. The van der Waals surface area contributed by atoms with E-state index >= 15 is 0 Å². The zero-order chi connectivity index (χ0) is 11.1. The average Bonchev–Trinajstić information content (AvgIpc) is 2.29. The van der Waals surface area contributed by atoms with E-state index in [1.807, 2.05) is 18.2 Å². The number of benzene rings is 2. The van der Waals surface area contributed by atoms with Gasteiger partial charge in [-0.15, -0.1) is 0 Å². The summed E-state index contributed by atoms with van der Waals surface area (Å²) < 4.78 is 0. The number of fused-ring (bicyclic) bond motifs is 1. The standard InChI is InChI=1S/C11H11N.C3H8/c12-8-10-6-3-5-9-4-1-2-7-11(9)10;1-3-2/h1-7H,8,12H2;3H2,1-2H3. The second-order valence-electron chi connectivity index (χ2n) is 3.55. The normalized spacial score (nSPS) is 9.53. The Kier molecular flexibility index (Phi) is 4.85. The summed E-state index contributed by atoms with van der Waals surface area (Å²) in [7, 11) is 0. The van der Waals surface area contributed by atoms with Crippen LogP contribution >= 0.6 is 0 Å². The van der Waals surface area contributed by atoms with Crippen molar-refractivity contribution in [3.8, 4) is 0 Å². The van der Waals surface area contributed by atoms with Gasteiger partial charge in [0, 0.05) is 6.54 Å². The molecule has 0 amide bonds. The summed E-state index contributed by atoms with van der Waals surface area (Å²) in [4.78, 5) is 0. The SMILES string of the molecule is CCC.NCc1cccc2ccccc12. The van der Waals surface area contributed by atoms with E-state index < -0.39 is 0 Å². The number of rotatable bonds is 1. The van der Waals surface area contributed by atoms with Gasteiger partial charge in [-0.1, -0.05) is 62.7 Å². The third-order valence-corrected chi connectivity index (χ3v) is 2.10. The largest absolute Gasteiger partial charge is 0.326 e. The molecule has 2 aromatic rings. The van der Waals surface area contributed by atoms with Crippen LogP contribution in [0.15, 0.2) is 42.5 Å². The first-order chi connectivity index (χ1) is 7.33. The molecular formula is C14H19N. The molecule has 0 bridgehead atoms. The number of nitrogens with two attached hydrogens (primary N) is 1. The predicted molar refractivity (Wildman–Crippen MR) is 67.8 cm³/mol. The summed E-state index contributed by atoms with van der Waals surface area (Å²) in [6.07, 6.45) is 1.25. The molecule has 0 aliphatic heterocycles. The van der Waals surface area contributed by atoms with E-state index in [9.17, 15) is 0 Å². The highest BCUT2D eigenvalue weighted by molar-refractivity contribution is 5.85. The molecule has 0 fully saturated rings.